The highest BCUT2D eigenvalue weighted by molar-refractivity contribution is 7.80. The summed E-state index contributed by atoms with van der Waals surface area (Å²) in [5, 5.41) is 0. The van der Waals surface area contributed by atoms with Crippen LogP contribution in [0.4, 0.5) is 0 Å². The van der Waals surface area contributed by atoms with Gasteiger partial charge in [0.05, 0.1) is 12.0 Å². The zero-order chi connectivity index (χ0) is 15.1. The summed E-state index contributed by atoms with van der Waals surface area (Å²) in [6, 6.07) is 0.125. The summed E-state index contributed by atoms with van der Waals surface area (Å²) >= 11 is 4.46. The number of aliphatic imine (C=N–C) groups is 1. The normalized spacial score (nSPS) is 26.6. The smallest absolute Gasteiger partial charge is 0.226 e. The van der Waals surface area contributed by atoms with Gasteiger partial charge in [0.2, 0.25) is 5.91 Å². The van der Waals surface area contributed by atoms with Crippen molar-refractivity contribution in [1.82, 2.24) is 4.90 Å². The lowest BCUT2D eigenvalue weighted by Gasteiger charge is -2.39. The summed E-state index contributed by atoms with van der Waals surface area (Å²) in [6.45, 7) is 9.36. The molecule has 2 atom stereocenters. The Morgan fingerprint density at radius 2 is 2.20 bits per heavy atom. The fraction of sp³-hybridized carbons (Fsp3) is 0.733. The summed E-state index contributed by atoms with van der Waals surface area (Å²) in [7, 11) is 0. The van der Waals surface area contributed by atoms with Gasteiger partial charge in [0.1, 0.15) is 5.84 Å². The average Bonchev–Trinajstić information content (AvgIpc) is 2.82. The number of amides is 1. The minimum Gasteiger partial charge on any atom is -0.369 e. The first kappa shape index (κ1) is 15.4. The first-order valence-corrected chi connectivity index (χ1v) is 7.95. The molecule has 4 nitrogen and oxygen atoms in total. The van der Waals surface area contributed by atoms with Crippen molar-refractivity contribution in [2.24, 2.45) is 22.1 Å². The number of carbonyl (C=O) groups excluding carboxylic acids is 1. The monoisotopic (exact) mass is 295 g/mol. The van der Waals surface area contributed by atoms with Crippen molar-refractivity contribution in [2.75, 3.05) is 12.3 Å². The molecule has 0 aromatic rings. The van der Waals surface area contributed by atoms with E-state index in [4.69, 9.17) is 10.7 Å². The molecule has 0 saturated carbocycles. The molecule has 112 valence electrons. The van der Waals surface area contributed by atoms with E-state index in [1.165, 1.54) is 5.57 Å². The molecule has 1 unspecified atom stereocenters. The molecular formula is C15H25N3OS. The Morgan fingerprint density at radius 3 is 2.70 bits per heavy atom. The molecular weight excluding hydrogens is 270 g/mol. The molecule has 0 spiro atoms. The number of hydrogen-bond acceptors (Lipinski definition) is 4. The van der Waals surface area contributed by atoms with Crippen LogP contribution in [0.5, 0.6) is 0 Å². The van der Waals surface area contributed by atoms with Crippen LogP contribution >= 0.6 is 12.6 Å². The number of carbonyl (C=O) groups is 1. The van der Waals surface area contributed by atoms with Gasteiger partial charge in [-0.15, -0.1) is 0 Å². The topological polar surface area (TPSA) is 58.7 Å². The van der Waals surface area contributed by atoms with Crippen LogP contribution < -0.4 is 5.73 Å². The van der Waals surface area contributed by atoms with Gasteiger partial charge < -0.3 is 10.6 Å². The summed E-state index contributed by atoms with van der Waals surface area (Å²) in [6.07, 6.45) is 1.71. The van der Waals surface area contributed by atoms with Crippen LogP contribution in [0.1, 0.15) is 40.5 Å². The number of fused-ring (bicyclic) bond motifs is 1. The van der Waals surface area contributed by atoms with E-state index >= 15 is 0 Å². The van der Waals surface area contributed by atoms with Gasteiger partial charge >= 0.3 is 0 Å². The first-order chi connectivity index (χ1) is 9.33. The first-order valence-electron chi connectivity index (χ1n) is 7.32. The van der Waals surface area contributed by atoms with E-state index in [9.17, 15) is 4.79 Å². The molecule has 1 amide bonds. The standard InChI is InChI=1S/C15H25N3OS/c1-5-10-9(2)17-14(15(3,4)8-20)18-7-6-11(12(10)18)13(16)19/h9,11,20H,5-8H2,1-4H3,(H2,16,19)/t9-,11?/m0/s1. The molecule has 0 aliphatic carbocycles. The van der Waals surface area contributed by atoms with Crippen molar-refractivity contribution in [3.8, 4) is 0 Å². The molecule has 0 aromatic carbocycles. The molecule has 2 rings (SSSR count). The number of nitrogens with zero attached hydrogens (tertiary/aromatic N) is 2. The number of hydrogen-bond donors (Lipinski definition) is 2. The maximum atomic E-state index is 11.8. The second-order valence-corrected chi connectivity index (χ2v) is 6.65. The van der Waals surface area contributed by atoms with Crippen molar-refractivity contribution < 1.29 is 4.79 Å². The molecule has 2 heterocycles. The van der Waals surface area contributed by atoms with Crippen LogP contribution in [0, 0.1) is 11.3 Å². The third kappa shape index (κ3) is 2.36. The molecule has 0 bridgehead atoms. The molecule has 0 radical (unpaired) electrons. The van der Waals surface area contributed by atoms with E-state index in [1.54, 1.807) is 0 Å². The van der Waals surface area contributed by atoms with Gasteiger partial charge in [0.15, 0.2) is 0 Å². The summed E-state index contributed by atoms with van der Waals surface area (Å²) in [5.74, 6) is 1.40. The Kier molecular flexibility index (Phi) is 4.19. The fourth-order valence-electron chi connectivity index (χ4n) is 3.23. The number of thiol groups is 1. The molecule has 2 aliphatic rings. The van der Waals surface area contributed by atoms with E-state index in [0.717, 1.165) is 36.7 Å². The third-order valence-electron chi connectivity index (χ3n) is 4.39. The van der Waals surface area contributed by atoms with Crippen molar-refractivity contribution >= 4 is 24.4 Å². The lowest BCUT2D eigenvalue weighted by Crippen LogP contribution is -2.44. The molecule has 20 heavy (non-hydrogen) atoms. The maximum absolute atomic E-state index is 11.8. The van der Waals surface area contributed by atoms with Crippen LogP contribution in [0.15, 0.2) is 16.3 Å². The molecule has 1 saturated heterocycles. The van der Waals surface area contributed by atoms with E-state index < -0.39 is 0 Å². The summed E-state index contributed by atoms with van der Waals surface area (Å²) in [4.78, 5) is 18.9. The SMILES string of the molecule is CCC1=C2C(C(N)=O)CCN2C(C(C)(C)CS)=N[C@H]1C. The van der Waals surface area contributed by atoms with Gasteiger partial charge in [-0.3, -0.25) is 9.79 Å². The lowest BCUT2D eigenvalue weighted by molar-refractivity contribution is -0.120. The van der Waals surface area contributed by atoms with Crippen molar-refractivity contribution in [2.45, 2.75) is 46.6 Å². The van der Waals surface area contributed by atoms with Crippen molar-refractivity contribution in [1.29, 1.82) is 0 Å². The van der Waals surface area contributed by atoms with Crippen molar-refractivity contribution in [3.05, 3.63) is 11.3 Å². The van der Waals surface area contributed by atoms with E-state index in [-0.39, 0.29) is 23.3 Å². The molecule has 2 aliphatic heterocycles. The van der Waals surface area contributed by atoms with E-state index in [2.05, 4.69) is 45.2 Å². The lowest BCUT2D eigenvalue weighted by atomic mass is 9.88. The second kappa shape index (κ2) is 5.43. The minimum atomic E-state index is -0.217. The van der Waals surface area contributed by atoms with Gasteiger partial charge in [0.25, 0.3) is 0 Å². The van der Waals surface area contributed by atoms with Crippen LogP contribution in [0.2, 0.25) is 0 Å². The molecule has 1 fully saturated rings. The predicted molar refractivity (Wildman–Crippen MR) is 85.9 cm³/mol. The van der Waals surface area contributed by atoms with Crippen LogP contribution in [-0.4, -0.2) is 35.0 Å². The Morgan fingerprint density at radius 1 is 1.55 bits per heavy atom. The maximum Gasteiger partial charge on any atom is 0.226 e. The Balaban J connectivity index is 2.49. The van der Waals surface area contributed by atoms with Gasteiger partial charge in [0, 0.05) is 23.4 Å². The predicted octanol–water partition coefficient (Wildman–Crippen LogP) is 2.21. The molecule has 0 aromatic heterocycles. The zero-order valence-electron chi connectivity index (χ0n) is 12.8. The van der Waals surface area contributed by atoms with Gasteiger partial charge in [-0.05, 0) is 25.3 Å². The highest BCUT2D eigenvalue weighted by Gasteiger charge is 2.43. The van der Waals surface area contributed by atoms with E-state index in [1.807, 2.05) is 0 Å². The largest absolute Gasteiger partial charge is 0.369 e. The molecule has 2 N–H and O–H groups in total. The van der Waals surface area contributed by atoms with Gasteiger partial charge in [-0.2, -0.15) is 12.6 Å². The minimum absolute atomic E-state index is 0.103. The number of nitrogens with two attached hydrogens (primary N) is 1. The van der Waals surface area contributed by atoms with Gasteiger partial charge in [-0.25, -0.2) is 0 Å². The van der Waals surface area contributed by atoms with Crippen molar-refractivity contribution in [3.63, 3.8) is 0 Å². The number of primary amides is 1. The van der Waals surface area contributed by atoms with Crippen LogP contribution in [0.3, 0.4) is 0 Å². The molecule has 5 heteroatoms. The summed E-state index contributed by atoms with van der Waals surface area (Å²) < 4.78 is 0. The average molecular weight is 295 g/mol. The quantitative estimate of drug-likeness (QED) is 0.781. The highest BCUT2D eigenvalue weighted by Crippen LogP contribution is 2.40. The Bertz CT molecular complexity index is 482. The Labute approximate surface area is 126 Å². The zero-order valence-corrected chi connectivity index (χ0v) is 13.7. The van der Waals surface area contributed by atoms with Gasteiger partial charge in [-0.1, -0.05) is 20.8 Å². The third-order valence-corrected chi connectivity index (χ3v) is 5.18. The fourth-order valence-corrected chi connectivity index (χ4v) is 3.37. The second-order valence-electron chi connectivity index (χ2n) is 6.33. The van der Waals surface area contributed by atoms with Crippen LogP contribution in [-0.2, 0) is 4.79 Å². The number of amidine groups is 1. The highest BCUT2D eigenvalue weighted by atomic mass is 32.1. The van der Waals surface area contributed by atoms with Crippen LogP contribution in [0.25, 0.3) is 0 Å². The van der Waals surface area contributed by atoms with E-state index in [0.29, 0.717) is 0 Å². The number of rotatable bonds is 4. The summed E-state index contributed by atoms with van der Waals surface area (Å²) in [5.41, 5.74) is 7.87. The Hall–Kier alpha value is -0.970.